The van der Waals surface area contributed by atoms with E-state index in [0.29, 0.717) is 12.8 Å². The normalized spacial score (nSPS) is 20.9. The Hall–Kier alpha value is -1.15. The molecular formula is C54H105NO10. The molecule has 0 spiro atoms. The summed E-state index contributed by atoms with van der Waals surface area (Å²) in [5.74, 6) is -0.703. The monoisotopic (exact) mass is 928 g/mol. The van der Waals surface area contributed by atoms with E-state index in [1.54, 1.807) is 0 Å². The molecule has 11 heteroatoms. The number of allylic oxidation sites excluding steroid dienone is 2. The van der Waals surface area contributed by atoms with Gasteiger partial charge in [-0.2, -0.15) is 0 Å². The zero-order valence-electron chi connectivity index (χ0n) is 42.0. The SMILES string of the molecule is CCCCCCCC/C=C/CCCC(O)C(O)C(COC1OC(CO)C(O)C(O)C1O)NC(=O)C(O)CCCCCCCCCCCCCCCCCCCCCCCCCCCCC. The van der Waals surface area contributed by atoms with Crippen LogP contribution >= 0.6 is 0 Å². The minimum atomic E-state index is -1.66. The van der Waals surface area contributed by atoms with Gasteiger partial charge >= 0.3 is 0 Å². The van der Waals surface area contributed by atoms with Gasteiger partial charge in [0.2, 0.25) is 5.91 Å². The highest BCUT2D eigenvalue weighted by Crippen LogP contribution is 2.23. The number of aliphatic hydroxyl groups is 7. The van der Waals surface area contributed by atoms with Gasteiger partial charge in [-0.3, -0.25) is 4.79 Å². The summed E-state index contributed by atoms with van der Waals surface area (Å²) in [6, 6.07) is -1.18. The topological polar surface area (TPSA) is 189 Å². The van der Waals surface area contributed by atoms with Gasteiger partial charge in [0.25, 0.3) is 0 Å². The number of hydrogen-bond acceptors (Lipinski definition) is 10. The third kappa shape index (κ3) is 33.1. The summed E-state index contributed by atoms with van der Waals surface area (Å²) < 4.78 is 11.1. The van der Waals surface area contributed by atoms with E-state index in [-0.39, 0.29) is 12.8 Å². The Morgan fingerprint density at radius 2 is 0.908 bits per heavy atom. The molecular weight excluding hydrogens is 823 g/mol. The Morgan fingerprint density at radius 3 is 1.32 bits per heavy atom. The first kappa shape index (κ1) is 61.9. The molecule has 65 heavy (non-hydrogen) atoms. The van der Waals surface area contributed by atoms with Crippen molar-refractivity contribution in [2.75, 3.05) is 13.2 Å². The fourth-order valence-electron chi connectivity index (χ4n) is 9.03. The Kier molecular flexibility index (Phi) is 42.0. The van der Waals surface area contributed by atoms with Gasteiger partial charge in [-0.25, -0.2) is 0 Å². The highest BCUT2D eigenvalue weighted by molar-refractivity contribution is 5.80. The van der Waals surface area contributed by atoms with Crippen LogP contribution in [0, 0.1) is 0 Å². The van der Waals surface area contributed by atoms with Crippen molar-refractivity contribution in [2.24, 2.45) is 0 Å². The first-order valence-corrected chi connectivity index (χ1v) is 27.6. The molecule has 0 bridgehead atoms. The molecule has 1 rings (SSSR count). The summed E-state index contributed by atoms with van der Waals surface area (Å²) in [4.78, 5) is 13.1. The summed E-state index contributed by atoms with van der Waals surface area (Å²) in [5.41, 5.74) is 0. The number of rotatable bonds is 47. The number of carbonyl (C=O) groups is 1. The molecule has 1 aliphatic rings. The van der Waals surface area contributed by atoms with Crippen LogP contribution in [0.4, 0.5) is 0 Å². The van der Waals surface area contributed by atoms with Gasteiger partial charge in [0.1, 0.15) is 36.6 Å². The third-order valence-electron chi connectivity index (χ3n) is 13.6. The molecule has 1 heterocycles. The average molecular weight is 928 g/mol. The molecule has 0 radical (unpaired) electrons. The van der Waals surface area contributed by atoms with Crippen LogP contribution in [0.5, 0.6) is 0 Å². The molecule has 0 saturated carbocycles. The summed E-state index contributed by atoms with van der Waals surface area (Å²) in [5, 5.41) is 75.8. The maximum Gasteiger partial charge on any atom is 0.249 e. The minimum Gasteiger partial charge on any atom is -0.394 e. The van der Waals surface area contributed by atoms with Crippen LogP contribution in [0.1, 0.15) is 258 Å². The number of aliphatic hydroxyl groups excluding tert-OH is 7. The zero-order valence-corrected chi connectivity index (χ0v) is 42.0. The van der Waals surface area contributed by atoms with Crippen molar-refractivity contribution in [3.05, 3.63) is 12.2 Å². The zero-order chi connectivity index (χ0) is 47.6. The van der Waals surface area contributed by atoms with Gasteiger partial charge < -0.3 is 50.5 Å². The third-order valence-corrected chi connectivity index (χ3v) is 13.6. The Balaban J connectivity index is 2.24. The van der Waals surface area contributed by atoms with E-state index in [1.165, 1.54) is 180 Å². The van der Waals surface area contributed by atoms with Crippen LogP contribution in [0.3, 0.4) is 0 Å². The predicted octanol–water partition coefficient (Wildman–Crippen LogP) is 10.8. The van der Waals surface area contributed by atoms with Crippen LogP contribution < -0.4 is 5.32 Å². The number of hydrogen-bond donors (Lipinski definition) is 8. The molecule has 1 saturated heterocycles. The van der Waals surface area contributed by atoms with Crippen molar-refractivity contribution >= 4 is 5.91 Å². The second-order valence-electron chi connectivity index (χ2n) is 19.7. The number of carbonyl (C=O) groups excluding carboxylic acids is 1. The van der Waals surface area contributed by atoms with Crippen LogP contribution in [0.15, 0.2) is 12.2 Å². The maximum atomic E-state index is 13.1. The second kappa shape index (κ2) is 44.1. The van der Waals surface area contributed by atoms with E-state index >= 15 is 0 Å². The van der Waals surface area contributed by atoms with Crippen LogP contribution in [-0.4, -0.2) is 110 Å². The summed E-state index contributed by atoms with van der Waals surface area (Å²) in [6.07, 6.45) is 38.6. The molecule has 1 fully saturated rings. The van der Waals surface area contributed by atoms with Crippen molar-refractivity contribution < 1.29 is 50.0 Å². The van der Waals surface area contributed by atoms with E-state index in [1.807, 2.05) is 0 Å². The largest absolute Gasteiger partial charge is 0.394 e. The van der Waals surface area contributed by atoms with Crippen molar-refractivity contribution in [1.82, 2.24) is 5.32 Å². The lowest BCUT2D eigenvalue weighted by atomic mass is 9.98. The predicted molar refractivity (Wildman–Crippen MR) is 266 cm³/mol. The van der Waals surface area contributed by atoms with Gasteiger partial charge in [0.15, 0.2) is 6.29 Å². The van der Waals surface area contributed by atoms with E-state index < -0.39 is 74.2 Å². The Bertz CT molecular complexity index is 1060. The molecule has 11 nitrogen and oxygen atoms in total. The lowest BCUT2D eigenvalue weighted by Gasteiger charge is -2.40. The van der Waals surface area contributed by atoms with E-state index in [4.69, 9.17) is 9.47 Å². The first-order chi connectivity index (χ1) is 31.7. The molecule has 9 atom stereocenters. The average Bonchev–Trinajstić information content (AvgIpc) is 3.31. The number of ether oxygens (including phenoxy) is 2. The van der Waals surface area contributed by atoms with Gasteiger partial charge in [-0.1, -0.05) is 231 Å². The summed E-state index contributed by atoms with van der Waals surface area (Å²) >= 11 is 0. The van der Waals surface area contributed by atoms with Crippen LogP contribution in [0.25, 0.3) is 0 Å². The fraction of sp³-hybridized carbons (Fsp3) is 0.944. The van der Waals surface area contributed by atoms with Gasteiger partial charge in [0.05, 0.1) is 25.4 Å². The lowest BCUT2D eigenvalue weighted by molar-refractivity contribution is -0.303. The van der Waals surface area contributed by atoms with Crippen molar-refractivity contribution in [3.8, 4) is 0 Å². The molecule has 1 aliphatic heterocycles. The number of nitrogens with one attached hydrogen (secondary N) is 1. The van der Waals surface area contributed by atoms with Gasteiger partial charge in [-0.15, -0.1) is 0 Å². The molecule has 0 aromatic heterocycles. The fourth-order valence-corrected chi connectivity index (χ4v) is 9.03. The molecule has 9 unspecified atom stereocenters. The molecule has 386 valence electrons. The van der Waals surface area contributed by atoms with Crippen LogP contribution in [0.2, 0.25) is 0 Å². The summed E-state index contributed by atoms with van der Waals surface area (Å²) in [7, 11) is 0. The Morgan fingerprint density at radius 1 is 0.523 bits per heavy atom. The quantitative estimate of drug-likeness (QED) is 0.0215. The number of unbranched alkanes of at least 4 members (excludes halogenated alkanes) is 33. The van der Waals surface area contributed by atoms with Crippen molar-refractivity contribution in [1.29, 1.82) is 0 Å². The highest BCUT2D eigenvalue weighted by atomic mass is 16.7. The number of amides is 1. The lowest BCUT2D eigenvalue weighted by Crippen LogP contribution is -2.60. The maximum absolute atomic E-state index is 13.1. The first-order valence-electron chi connectivity index (χ1n) is 27.6. The van der Waals surface area contributed by atoms with E-state index in [2.05, 4.69) is 31.3 Å². The Labute approximate surface area is 398 Å². The van der Waals surface area contributed by atoms with Crippen molar-refractivity contribution in [2.45, 2.75) is 313 Å². The second-order valence-corrected chi connectivity index (χ2v) is 19.7. The van der Waals surface area contributed by atoms with Gasteiger partial charge in [-0.05, 0) is 38.5 Å². The summed E-state index contributed by atoms with van der Waals surface area (Å²) in [6.45, 7) is 3.43. The van der Waals surface area contributed by atoms with E-state index in [9.17, 15) is 40.5 Å². The highest BCUT2D eigenvalue weighted by Gasteiger charge is 2.44. The molecule has 0 aromatic carbocycles. The molecule has 1 amide bonds. The van der Waals surface area contributed by atoms with E-state index in [0.717, 1.165) is 38.5 Å². The smallest absolute Gasteiger partial charge is 0.249 e. The van der Waals surface area contributed by atoms with Crippen LogP contribution in [-0.2, 0) is 14.3 Å². The molecule has 8 N–H and O–H groups in total. The standard InChI is InChI=1S/C54H105NO10/c1-3-5-7-9-11-13-15-16-17-18-19-20-21-22-23-24-25-26-27-28-29-30-32-34-36-38-40-42-47(58)53(63)55-45(44-64-54-52(62)51(61)50(60)48(43-56)65-54)49(59)46(57)41-39-37-35-33-31-14-12-10-8-6-4-2/h33,35,45-52,54,56-62H,3-32,34,36-44H2,1-2H3,(H,55,63)/b35-33+. The molecule has 0 aromatic rings. The minimum absolute atomic E-state index is 0.259. The van der Waals surface area contributed by atoms with Crippen molar-refractivity contribution in [3.63, 3.8) is 0 Å². The van der Waals surface area contributed by atoms with Gasteiger partial charge in [0, 0.05) is 0 Å². The molecule has 0 aliphatic carbocycles.